The Bertz CT molecular complexity index is 1060. The predicted octanol–water partition coefficient (Wildman–Crippen LogP) is 4.71. The van der Waals surface area contributed by atoms with Crippen LogP contribution in [0.3, 0.4) is 0 Å². The van der Waals surface area contributed by atoms with Gasteiger partial charge in [0.25, 0.3) is 5.91 Å². The smallest absolute Gasteiger partial charge is 0.255 e. The van der Waals surface area contributed by atoms with E-state index in [1.165, 1.54) is 11.3 Å². The third-order valence-corrected chi connectivity index (χ3v) is 5.94. The monoisotopic (exact) mass is 448 g/mol. The van der Waals surface area contributed by atoms with Crippen LogP contribution in [0.25, 0.3) is 0 Å². The number of hydrogen-bond donors (Lipinski definition) is 1. The largest absolute Gasteiger partial charge is 0.467 e. The topological polar surface area (TPSA) is 63.9 Å². The molecule has 6 nitrogen and oxygen atoms in total. The van der Waals surface area contributed by atoms with Crippen molar-refractivity contribution in [1.29, 1.82) is 0 Å². The first-order valence-corrected chi connectivity index (χ1v) is 11.6. The van der Waals surface area contributed by atoms with Crippen molar-refractivity contribution in [3.05, 3.63) is 88.9 Å². The van der Waals surface area contributed by atoms with Crippen LogP contribution in [0.15, 0.2) is 65.3 Å². The normalized spacial score (nSPS) is 15.0. The first-order valence-electron chi connectivity index (χ1n) is 11.6. The maximum Gasteiger partial charge on any atom is 0.255 e. The van der Waals surface area contributed by atoms with Crippen molar-refractivity contribution in [2.24, 2.45) is 0 Å². The Hall–Kier alpha value is -3.09. The molecule has 0 saturated heterocycles. The lowest BCUT2D eigenvalue weighted by Gasteiger charge is -2.24. The van der Waals surface area contributed by atoms with Crippen LogP contribution < -0.4 is 10.2 Å². The summed E-state index contributed by atoms with van der Waals surface area (Å²) in [7, 11) is 0. The van der Waals surface area contributed by atoms with Crippen molar-refractivity contribution >= 4 is 11.6 Å². The Morgan fingerprint density at radius 1 is 1.09 bits per heavy atom. The van der Waals surface area contributed by atoms with E-state index in [4.69, 9.17) is 13.9 Å². The molecule has 2 aromatic carbocycles. The van der Waals surface area contributed by atoms with Crippen molar-refractivity contribution in [1.82, 2.24) is 5.32 Å². The number of fused-ring (bicyclic) bond motifs is 1. The van der Waals surface area contributed by atoms with E-state index in [1.54, 1.807) is 12.3 Å². The summed E-state index contributed by atoms with van der Waals surface area (Å²) in [4.78, 5) is 15.2. The number of carbonyl (C=O) groups is 1. The molecule has 2 heterocycles. The van der Waals surface area contributed by atoms with Crippen LogP contribution in [-0.2, 0) is 35.6 Å². The molecule has 1 aliphatic rings. The van der Waals surface area contributed by atoms with E-state index in [9.17, 15) is 4.79 Å². The highest BCUT2D eigenvalue weighted by Gasteiger charge is 2.27. The van der Waals surface area contributed by atoms with E-state index in [0.29, 0.717) is 56.9 Å². The van der Waals surface area contributed by atoms with Gasteiger partial charge in [-0.25, -0.2) is 0 Å². The summed E-state index contributed by atoms with van der Waals surface area (Å²) in [5.41, 5.74) is 5.24. The molecule has 1 atom stereocenters. The Morgan fingerprint density at radius 3 is 2.79 bits per heavy atom. The summed E-state index contributed by atoms with van der Waals surface area (Å²) < 4.78 is 16.7. The maximum atomic E-state index is 12.9. The van der Waals surface area contributed by atoms with Gasteiger partial charge in [-0.3, -0.25) is 4.79 Å². The van der Waals surface area contributed by atoms with Crippen molar-refractivity contribution in [3.8, 4) is 0 Å². The summed E-state index contributed by atoms with van der Waals surface area (Å²) >= 11 is 0. The lowest BCUT2D eigenvalue weighted by atomic mass is 10.1. The summed E-state index contributed by atoms with van der Waals surface area (Å²) in [6.07, 6.45) is 2.60. The fourth-order valence-corrected chi connectivity index (χ4v) is 4.25. The summed E-state index contributed by atoms with van der Waals surface area (Å²) in [6.45, 7) is 7.57. The van der Waals surface area contributed by atoms with Crippen LogP contribution in [0.1, 0.15) is 46.7 Å². The standard InChI is InChI=1S/C27H32N2O4/c1-3-31-13-14-32-19-22-8-6-7-21(16-22)17-28-27(30)24-11-12-33-26(24)18-29-20(2)15-23-9-4-5-10-25(23)29/h4-12,16,20H,3,13-15,17-19H2,1-2H3,(H,28,30). The Morgan fingerprint density at radius 2 is 1.91 bits per heavy atom. The highest BCUT2D eigenvalue weighted by Crippen LogP contribution is 2.33. The van der Waals surface area contributed by atoms with Gasteiger partial charge in [0.1, 0.15) is 5.76 Å². The Kier molecular flexibility index (Phi) is 7.81. The van der Waals surface area contributed by atoms with Crippen LogP contribution in [-0.4, -0.2) is 31.8 Å². The number of anilines is 1. The minimum Gasteiger partial charge on any atom is -0.467 e. The van der Waals surface area contributed by atoms with Crippen LogP contribution in [0, 0.1) is 0 Å². The number of nitrogens with one attached hydrogen (secondary N) is 1. The number of carbonyl (C=O) groups excluding carboxylic acids is 1. The van der Waals surface area contributed by atoms with E-state index in [1.807, 2.05) is 25.1 Å². The molecular weight excluding hydrogens is 416 g/mol. The van der Waals surface area contributed by atoms with Crippen molar-refractivity contribution < 1.29 is 18.7 Å². The molecule has 33 heavy (non-hydrogen) atoms. The fraction of sp³-hybridized carbons (Fsp3) is 0.370. The third kappa shape index (κ3) is 5.83. The summed E-state index contributed by atoms with van der Waals surface area (Å²) in [5, 5.41) is 3.03. The zero-order chi connectivity index (χ0) is 23.0. The van der Waals surface area contributed by atoms with Gasteiger partial charge in [-0.15, -0.1) is 0 Å². The molecule has 3 aromatic rings. The number of nitrogens with zero attached hydrogens (tertiary/aromatic N) is 1. The molecular formula is C27H32N2O4. The van der Waals surface area contributed by atoms with Crippen LogP contribution in [0.5, 0.6) is 0 Å². The van der Waals surface area contributed by atoms with Crippen molar-refractivity contribution in [2.45, 2.75) is 46.0 Å². The molecule has 1 aromatic heterocycles. The van der Waals surface area contributed by atoms with E-state index in [0.717, 1.165) is 17.5 Å². The molecule has 1 amide bonds. The van der Waals surface area contributed by atoms with Gasteiger partial charge in [-0.05, 0) is 49.1 Å². The van der Waals surface area contributed by atoms with Crippen LogP contribution in [0.2, 0.25) is 0 Å². The zero-order valence-corrected chi connectivity index (χ0v) is 19.4. The van der Waals surface area contributed by atoms with Gasteiger partial charge >= 0.3 is 0 Å². The highest BCUT2D eigenvalue weighted by atomic mass is 16.5. The average molecular weight is 449 g/mol. The number of rotatable bonds is 11. The molecule has 6 heteroatoms. The van der Waals surface area contributed by atoms with Gasteiger partial charge < -0.3 is 24.1 Å². The minimum absolute atomic E-state index is 0.128. The highest BCUT2D eigenvalue weighted by molar-refractivity contribution is 5.95. The van der Waals surface area contributed by atoms with Gasteiger partial charge in [0.05, 0.1) is 38.2 Å². The maximum absolute atomic E-state index is 12.9. The van der Waals surface area contributed by atoms with Gasteiger partial charge in [0.15, 0.2) is 0 Å². The molecule has 0 fully saturated rings. The number of amides is 1. The number of ether oxygens (including phenoxy) is 2. The molecule has 1 unspecified atom stereocenters. The lowest BCUT2D eigenvalue weighted by Crippen LogP contribution is -2.30. The fourth-order valence-electron chi connectivity index (χ4n) is 4.25. The van der Waals surface area contributed by atoms with Crippen LogP contribution in [0.4, 0.5) is 5.69 Å². The van der Waals surface area contributed by atoms with Crippen LogP contribution >= 0.6 is 0 Å². The molecule has 0 bridgehead atoms. The zero-order valence-electron chi connectivity index (χ0n) is 19.4. The second-order valence-corrected chi connectivity index (χ2v) is 8.32. The molecule has 0 aliphatic carbocycles. The van der Waals surface area contributed by atoms with E-state index < -0.39 is 0 Å². The third-order valence-electron chi connectivity index (χ3n) is 5.94. The number of hydrogen-bond acceptors (Lipinski definition) is 5. The lowest BCUT2D eigenvalue weighted by molar-refractivity contribution is 0.0453. The first-order chi connectivity index (χ1) is 16.2. The van der Waals surface area contributed by atoms with Crippen molar-refractivity contribution in [3.63, 3.8) is 0 Å². The van der Waals surface area contributed by atoms with E-state index in [2.05, 4.69) is 47.5 Å². The predicted molar refractivity (Wildman–Crippen MR) is 128 cm³/mol. The molecule has 4 rings (SSSR count). The summed E-state index contributed by atoms with van der Waals surface area (Å²) in [6, 6.07) is 18.6. The molecule has 1 N–H and O–H groups in total. The second-order valence-electron chi connectivity index (χ2n) is 8.32. The minimum atomic E-state index is -0.128. The molecule has 0 saturated carbocycles. The molecule has 1 aliphatic heterocycles. The van der Waals surface area contributed by atoms with Gasteiger partial charge in [-0.1, -0.05) is 42.5 Å². The second kappa shape index (κ2) is 11.2. The van der Waals surface area contributed by atoms with E-state index in [-0.39, 0.29) is 5.91 Å². The Balaban J connectivity index is 1.33. The van der Waals surface area contributed by atoms with Gasteiger partial charge in [-0.2, -0.15) is 0 Å². The Labute approximate surface area is 195 Å². The number of benzene rings is 2. The first kappa shape index (κ1) is 23.1. The summed E-state index contributed by atoms with van der Waals surface area (Å²) in [5.74, 6) is 0.560. The number of furan rings is 1. The SMILES string of the molecule is CCOCCOCc1cccc(CNC(=O)c2ccoc2CN2c3ccccc3CC2C)c1. The number of para-hydroxylation sites is 1. The van der Waals surface area contributed by atoms with Gasteiger partial charge in [0.2, 0.25) is 0 Å². The van der Waals surface area contributed by atoms with E-state index >= 15 is 0 Å². The van der Waals surface area contributed by atoms with Gasteiger partial charge in [0, 0.05) is 24.9 Å². The molecule has 0 radical (unpaired) electrons. The quantitative estimate of drug-likeness (QED) is 0.430. The van der Waals surface area contributed by atoms with Crippen molar-refractivity contribution in [2.75, 3.05) is 24.7 Å². The molecule has 174 valence electrons. The molecule has 0 spiro atoms. The average Bonchev–Trinajstić information content (AvgIpc) is 3.42.